The Labute approximate surface area is 96.2 Å². The number of methoxy groups -OCH3 is 1. The fraction of sp³-hybridized carbons (Fsp3) is 0.500. The molecule has 0 aliphatic heterocycles. The second-order valence-electron chi connectivity index (χ2n) is 3.73. The van der Waals surface area contributed by atoms with Gasteiger partial charge in [0.05, 0.1) is 7.11 Å². The highest BCUT2D eigenvalue weighted by atomic mass is 32.2. The summed E-state index contributed by atoms with van der Waals surface area (Å²) < 4.78 is 5.17. The van der Waals surface area contributed by atoms with Gasteiger partial charge in [0.2, 0.25) is 0 Å². The summed E-state index contributed by atoms with van der Waals surface area (Å²) in [7, 11) is 1.68. The van der Waals surface area contributed by atoms with E-state index in [1.807, 2.05) is 18.2 Å². The minimum atomic E-state index is 0.723. The number of nitrogen functional groups attached to an aromatic ring is 1. The van der Waals surface area contributed by atoms with Crippen LogP contribution in [0.5, 0.6) is 5.75 Å². The van der Waals surface area contributed by atoms with Crippen molar-refractivity contribution in [3.8, 4) is 5.75 Å². The maximum Gasteiger partial charge on any atom is 0.120 e. The molecular weight excluding hydrogens is 206 g/mol. The molecule has 0 fully saturated rings. The van der Waals surface area contributed by atoms with Crippen LogP contribution in [0.2, 0.25) is 0 Å². The van der Waals surface area contributed by atoms with Crippen molar-refractivity contribution in [1.82, 2.24) is 0 Å². The minimum absolute atomic E-state index is 0.723. The lowest BCUT2D eigenvalue weighted by molar-refractivity contribution is 0.414. The maximum absolute atomic E-state index is 5.90. The van der Waals surface area contributed by atoms with Gasteiger partial charge in [-0.05, 0) is 24.1 Å². The van der Waals surface area contributed by atoms with E-state index in [9.17, 15) is 0 Å². The summed E-state index contributed by atoms with van der Waals surface area (Å²) in [5.74, 6) is 2.70. The van der Waals surface area contributed by atoms with Gasteiger partial charge in [-0.15, -0.1) is 11.8 Å². The molecule has 15 heavy (non-hydrogen) atoms. The van der Waals surface area contributed by atoms with Gasteiger partial charge < -0.3 is 10.5 Å². The van der Waals surface area contributed by atoms with Crippen molar-refractivity contribution < 1.29 is 4.74 Å². The van der Waals surface area contributed by atoms with Gasteiger partial charge in [0.15, 0.2) is 0 Å². The van der Waals surface area contributed by atoms with Crippen LogP contribution in [0.25, 0.3) is 0 Å². The zero-order valence-corrected chi connectivity index (χ0v) is 10.4. The van der Waals surface area contributed by atoms with Crippen LogP contribution in [-0.4, -0.2) is 12.9 Å². The van der Waals surface area contributed by atoms with Crippen LogP contribution in [0.1, 0.15) is 20.3 Å². The van der Waals surface area contributed by atoms with Gasteiger partial charge in [0, 0.05) is 16.3 Å². The summed E-state index contributed by atoms with van der Waals surface area (Å²) in [6.07, 6.45) is 1.21. The molecule has 0 bridgehead atoms. The second-order valence-corrected chi connectivity index (χ2v) is 4.79. The zero-order chi connectivity index (χ0) is 11.3. The number of benzene rings is 1. The first-order valence-corrected chi connectivity index (χ1v) is 6.22. The molecular formula is C12H19NOS. The minimum Gasteiger partial charge on any atom is -0.497 e. The molecule has 0 spiro atoms. The van der Waals surface area contributed by atoms with E-state index >= 15 is 0 Å². The standard InChI is InChI=1S/C12H19NOS/c1-4-9(2)8-15-12-7-10(14-3)5-6-11(12)13/h5-7,9H,4,8,13H2,1-3H3. The monoisotopic (exact) mass is 225 g/mol. The summed E-state index contributed by atoms with van der Waals surface area (Å²) in [4.78, 5) is 1.12. The van der Waals surface area contributed by atoms with E-state index in [-0.39, 0.29) is 0 Å². The molecule has 0 aliphatic carbocycles. The average molecular weight is 225 g/mol. The molecule has 0 heterocycles. The van der Waals surface area contributed by atoms with Crippen molar-refractivity contribution >= 4 is 17.4 Å². The normalized spacial score (nSPS) is 12.5. The molecule has 0 saturated carbocycles. The summed E-state index contributed by atoms with van der Waals surface area (Å²) >= 11 is 1.80. The van der Waals surface area contributed by atoms with Crippen LogP contribution in [0.3, 0.4) is 0 Å². The third-order valence-corrected chi connectivity index (χ3v) is 3.84. The molecule has 0 radical (unpaired) electrons. The molecule has 3 heteroatoms. The first-order valence-electron chi connectivity index (χ1n) is 5.23. The molecule has 1 rings (SSSR count). The predicted octanol–water partition coefficient (Wildman–Crippen LogP) is 3.42. The average Bonchev–Trinajstić information content (AvgIpc) is 2.27. The number of nitrogens with two attached hydrogens (primary N) is 1. The van der Waals surface area contributed by atoms with Gasteiger partial charge in [-0.25, -0.2) is 0 Å². The molecule has 1 unspecified atom stereocenters. The van der Waals surface area contributed by atoms with Gasteiger partial charge >= 0.3 is 0 Å². The molecule has 2 N–H and O–H groups in total. The zero-order valence-electron chi connectivity index (χ0n) is 9.62. The van der Waals surface area contributed by atoms with E-state index in [0.29, 0.717) is 0 Å². The molecule has 1 atom stereocenters. The van der Waals surface area contributed by atoms with Crippen molar-refractivity contribution in [2.24, 2.45) is 5.92 Å². The Hall–Kier alpha value is -0.830. The van der Waals surface area contributed by atoms with E-state index in [0.717, 1.165) is 28.0 Å². The quantitative estimate of drug-likeness (QED) is 0.616. The molecule has 0 amide bonds. The highest BCUT2D eigenvalue weighted by Crippen LogP contribution is 2.30. The first-order chi connectivity index (χ1) is 7.17. The van der Waals surface area contributed by atoms with Crippen molar-refractivity contribution in [2.45, 2.75) is 25.2 Å². The molecule has 0 saturated heterocycles. The third kappa shape index (κ3) is 3.67. The van der Waals surface area contributed by atoms with E-state index < -0.39 is 0 Å². The van der Waals surface area contributed by atoms with Crippen LogP contribution >= 0.6 is 11.8 Å². The van der Waals surface area contributed by atoms with E-state index in [1.165, 1.54) is 6.42 Å². The van der Waals surface area contributed by atoms with Crippen LogP contribution in [0, 0.1) is 5.92 Å². The summed E-state index contributed by atoms with van der Waals surface area (Å²) in [6, 6.07) is 5.79. The van der Waals surface area contributed by atoms with E-state index in [4.69, 9.17) is 10.5 Å². The summed E-state index contributed by atoms with van der Waals surface area (Å²) in [5.41, 5.74) is 6.73. The van der Waals surface area contributed by atoms with Crippen LogP contribution < -0.4 is 10.5 Å². The number of rotatable bonds is 5. The Morgan fingerprint density at radius 1 is 1.47 bits per heavy atom. The Morgan fingerprint density at radius 3 is 2.80 bits per heavy atom. The highest BCUT2D eigenvalue weighted by Gasteiger charge is 2.05. The largest absolute Gasteiger partial charge is 0.497 e. The number of ether oxygens (including phenoxy) is 1. The van der Waals surface area contributed by atoms with Crippen molar-refractivity contribution in [1.29, 1.82) is 0 Å². The maximum atomic E-state index is 5.90. The molecule has 0 aliphatic rings. The smallest absolute Gasteiger partial charge is 0.120 e. The van der Waals surface area contributed by atoms with E-state index in [2.05, 4.69) is 13.8 Å². The molecule has 1 aromatic rings. The third-order valence-electron chi connectivity index (χ3n) is 2.44. The number of hydrogen-bond donors (Lipinski definition) is 1. The summed E-state index contributed by atoms with van der Waals surface area (Å²) in [6.45, 7) is 4.46. The molecule has 1 aromatic carbocycles. The van der Waals surface area contributed by atoms with Gasteiger partial charge in [-0.2, -0.15) is 0 Å². The lowest BCUT2D eigenvalue weighted by Gasteiger charge is -2.10. The van der Waals surface area contributed by atoms with Gasteiger partial charge in [-0.3, -0.25) is 0 Å². The Morgan fingerprint density at radius 2 is 2.20 bits per heavy atom. The van der Waals surface area contributed by atoms with Crippen molar-refractivity contribution in [3.05, 3.63) is 18.2 Å². The Kier molecular flexibility index (Phi) is 4.82. The molecule has 84 valence electrons. The number of hydrogen-bond acceptors (Lipinski definition) is 3. The fourth-order valence-corrected chi connectivity index (χ4v) is 2.25. The lowest BCUT2D eigenvalue weighted by Crippen LogP contribution is -1.97. The fourth-order valence-electron chi connectivity index (χ4n) is 1.12. The number of anilines is 1. The van der Waals surface area contributed by atoms with Crippen LogP contribution in [0.15, 0.2) is 23.1 Å². The first kappa shape index (κ1) is 12.2. The topological polar surface area (TPSA) is 35.2 Å². The van der Waals surface area contributed by atoms with Gasteiger partial charge in [0.1, 0.15) is 5.75 Å². The molecule has 0 aromatic heterocycles. The van der Waals surface area contributed by atoms with Gasteiger partial charge in [0.25, 0.3) is 0 Å². The molecule has 2 nitrogen and oxygen atoms in total. The highest BCUT2D eigenvalue weighted by molar-refractivity contribution is 7.99. The Bertz CT molecular complexity index is 314. The van der Waals surface area contributed by atoms with Crippen LogP contribution in [0.4, 0.5) is 5.69 Å². The SMILES string of the molecule is CCC(C)CSc1cc(OC)ccc1N. The Balaban J connectivity index is 2.66. The second kappa shape index (κ2) is 5.91. The predicted molar refractivity (Wildman–Crippen MR) is 67.6 cm³/mol. The van der Waals surface area contributed by atoms with Gasteiger partial charge in [-0.1, -0.05) is 20.3 Å². The lowest BCUT2D eigenvalue weighted by atomic mass is 10.2. The van der Waals surface area contributed by atoms with Crippen LogP contribution in [-0.2, 0) is 0 Å². The van der Waals surface area contributed by atoms with Crippen molar-refractivity contribution in [3.63, 3.8) is 0 Å². The summed E-state index contributed by atoms with van der Waals surface area (Å²) in [5, 5.41) is 0. The van der Waals surface area contributed by atoms with E-state index in [1.54, 1.807) is 18.9 Å². The van der Waals surface area contributed by atoms with Crippen molar-refractivity contribution in [2.75, 3.05) is 18.6 Å². The number of thioether (sulfide) groups is 1.